The van der Waals surface area contributed by atoms with Gasteiger partial charge < -0.3 is 20.6 Å². The molecule has 110 valence electrons. The number of nitrogens with one attached hydrogen (secondary N) is 1. The first-order valence-electron chi connectivity index (χ1n) is 6.32. The monoisotopic (exact) mass is 281 g/mol. The molecule has 0 aliphatic heterocycles. The molecule has 0 fully saturated rings. The van der Waals surface area contributed by atoms with E-state index in [1.807, 2.05) is 13.8 Å². The van der Waals surface area contributed by atoms with Gasteiger partial charge in [0.05, 0.1) is 0 Å². The van der Waals surface area contributed by atoms with Crippen molar-refractivity contribution in [3.05, 3.63) is 23.8 Å². The Morgan fingerprint density at radius 1 is 1.20 bits per heavy atom. The zero-order chi connectivity index (χ0) is 15.3. The second-order valence-electron chi connectivity index (χ2n) is 5.08. The fraction of sp³-hybridized carbons (Fsp3) is 0.429. The third-order valence-corrected chi connectivity index (χ3v) is 2.71. The highest BCUT2D eigenvalue weighted by Crippen LogP contribution is 2.25. The minimum Gasteiger partial charge on any atom is -0.504 e. The molecule has 0 saturated carbocycles. The molecule has 0 heterocycles. The lowest BCUT2D eigenvalue weighted by molar-refractivity contribution is -0.141. The van der Waals surface area contributed by atoms with E-state index in [0.29, 0.717) is 5.56 Å². The number of aliphatic carboxylic acids is 1. The van der Waals surface area contributed by atoms with Gasteiger partial charge in [0.15, 0.2) is 11.5 Å². The van der Waals surface area contributed by atoms with Crippen LogP contribution in [-0.2, 0) is 16.0 Å². The van der Waals surface area contributed by atoms with E-state index in [2.05, 4.69) is 5.32 Å². The van der Waals surface area contributed by atoms with Gasteiger partial charge in [-0.05, 0) is 23.6 Å². The van der Waals surface area contributed by atoms with Crippen LogP contribution in [-0.4, -0.2) is 33.2 Å². The minimum absolute atomic E-state index is 0.0347. The molecule has 1 rings (SSSR count). The molecule has 1 amide bonds. The summed E-state index contributed by atoms with van der Waals surface area (Å²) in [5.74, 6) is -1.92. The van der Waals surface area contributed by atoms with Gasteiger partial charge in [0.25, 0.3) is 0 Å². The van der Waals surface area contributed by atoms with Gasteiger partial charge in [0.2, 0.25) is 5.91 Å². The van der Waals surface area contributed by atoms with Gasteiger partial charge in [-0.1, -0.05) is 19.9 Å². The number of phenols is 2. The van der Waals surface area contributed by atoms with Crippen LogP contribution in [0.1, 0.15) is 25.8 Å². The molecule has 1 aromatic carbocycles. The Balaban J connectivity index is 2.74. The number of carboxylic acid groups (broad SMARTS) is 1. The van der Waals surface area contributed by atoms with Gasteiger partial charge in [0.1, 0.15) is 6.04 Å². The van der Waals surface area contributed by atoms with Gasteiger partial charge in [-0.25, -0.2) is 4.79 Å². The zero-order valence-electron chi connectivity index (χ0n) is 11.5. The van der Waals surface area contributed by atoms with Gasteiger partial charge in [-0.2, -0.15) is 0 Å². The Morgan fingerprint density at radius 3 is 2.35 bits per heavy atom. The van der Waals surface area contributed by atoms with Crippen LogP contribution in [0, 0.1) is 5.92 Å². The van der Waals surface area contributed by atoms with Gasteiger partial charge >= 0.3 is 5.97 Å². The first-order valence-corrected chi connectivity index (χ1v) is 6.32. The summed E-state index contributed by atoms with van der Waals surface area (Å²) in [6, 6.07) is 2.99. The Kier molecular flexibility index (Phi) is 5.37. The van der Waals surface area contributed by atoms with Crippen molar-refractivity contribution in [3.63, 3.8) is 0 Å². The summed E-state index contributed by atoms with van der Waals surface area (Å²) in [7, 11) is 0. The number of hydrogen-bond donors (Lipinski definition) is 4. The van der Waals surface area contributed by atoms with E-state index < -0.39 is 12.0 Å². The van der Waals surface area contributed by atoms with E-state index in [9.17, 15) is 19.8 Å². The highest BCUT2D eigenvalue weighted by atomic mass is 16.4. The van der Waals surface area contributed by atoms with Crippen molar-refractivity contribution < 1.29 is 24.9 Å². The highest BCUT2D eigenvalue weighted by Gasteiger charge is 2.21. The average Bonchev–Trinajstić information content (AvgIpc) is 2.31. The van der Waals surface area contributed by atoms with Crippen LogP contribution in [0.5, 0.6) is 11.5 Å². The molecule has 0 bridgehead atoms. The predicted octanol–water partition coefficient (Wildman–Crippen LogP) is 1.26. The zero-order valence-corrected chi connectivity index (χ0v) is 11.5. The van der Waals surface area contributed by atoms with Crippen LogP contribution in [0.15, 0.2) is 18.2 Å². The summed E-state index contributed by atoms with van der Waals surface area (Å²) < 4.78 is 0. The molecule has 0 spiro atoms. The van der Waals surface area contributed by atoms with Crippen LogP contribution in [0.3, 0.4) is 0 Å². The number of benzene rings is 1. The summed E-state index contributed by atoms with van der Waals surface area (Å²) in [6.07, 6.45) is 0.289. The standard InChI is InChI=1S/C14H19NO5/c1-8(2)5-13(18)15-10(14(19)20)6-9-3-4-11(16)12(17)7-9/h3-4,7-8,10,16-17H,5-6H2,1-2H3,(H,15,18)(H,19,20)/t10-/m0/s1. The number of hydrogen-bond acceptors (Lipinski definition) is 4. The van der Waals surface area contributed by atoms with Crippen LogP contribution < -0.4 is 5.32 Å². The largest absolute Gasteiger partial charge is 0.504 e. The van der Waals surface area contributed by atoms with E-state index in [-0.39, 0.29) is 36.2 Å². The summed E-state index contributed by atoms with van der Waals surface area (Å²) >= 11 is 0. The number of aromatic hydroxyl groups is 2. The quantitative estimate of drug-likeness (QED) is 0.587. The summed E-state index contributed by atoms with van der Waals surface area (Å²) in [6.45, 7) is 3.74. The van der Waals surface area contributed by atoms with Crippen molar-refractivity contribution in [2.75, 3.05) is 0 Å². The van der Waals surface area contributed by atoms with Gasteiger partial charge in [0, 0.05) is 12.8 Å². The maximum Gasteiger partial charge on any atom is 0.326 e. The number of carbonyl (C=O) groups is 2. The van der Waals surface area contributed by atoms with E-state index >= 15 is 0 Å². The molecular formula is C14H19NO5. The Morgan fingerprint density at radius 2 is 1.85 bits per heavy atom. The SMILES string of the molecule is CC(C)CC(=O)N[C@@H](Cc1ccc(O)c(O)c1)C(=O)O. The summed E-state index contributed by atoms with van der Waals surface area (Å²) in [5, 5.41) is 30.1. The van der Waals surface area contributed by atoms with E-state index in [0.717, 1.165) is 0 Å². The predicted molar refractivity (Wildman–Crippen MR) is 72.5 cm³/mol. The normalized spacial score (nSPS) is 12.2. The molecular weight excluding hydrogens is 262 g/mol. The Bertz CT molecular complexity index is 498. The minimum atomic E-state index is -1.14. The van der Waals surface area contributed by atoms with Crippen LogP contribution in [0.2, 0.25) is 0 Å². The molecule has 0 aliphatic rings. The van der Waals surface area contributed by atoms with E-state index in [4.69, 9.17) is 5.11 Å². The maximum atomic E-state index is 11.6. The molecule has 0 aliphatic carbocycles. The smallest absolute Gasteiger partial charge is 0.326 e. The number of carbonyl (C=O) groups excluding carboxylic acids is 1. The third kappa shape index (κ3) is 4.79. The van der Waals surface area contributed by atoms with Crippen LogP contribution >= 0.6 is 0 Å². The Labute approximate surface area is 117 Å². The second-order valence-corrected chi connectivity index (χ2v) is 5.08. The van der Waals surface area contributed by atoms with Gasteiger partial charge in [-0.3, -0.25) is 4.79 Å². The van der Waals surface area contributed by atoms with Crippen molar-refractivity contribution in [3.8, 4) is 11.5 Å². The first-order chi connectivity index (χ1) is 9.29. The topological polar surface area (TPSA) is 107 Å². The third-order valence-electron chi connectivity index (χ3n) is 2.71. The van der Waals surface area contributed by atoms with E-state index in [1.165, 1.54) is 18.2 Å². The fourth-order valence-electron chi connectivity index (χ4n) is 1.76. The van der Waals surface area contributed by atoms with Crippen molar-refractivity contribution in [1.29, 1.82) is 0 Å². The summed E-state index contributed by atoms with van der Waals surface area (Å²) in [5.41, 5.74) is 0.512. The van der Waals surface area contributed by atoms with Crippen LogP contribution in [0.25, 0.3) is 0 Å². The molecule has 0 saturated heterocycles. The first kappa shape index (κ1) is 15.8. The molecule has 0 aromatic heterocycles. The molecule has 6 nitrogen and oxygen atoms in total. The summed E-state index contributed by atoms with van der Waals surface area (Å²) in [4.78, 5) is 22.8. The Hall–Kier alpha value is -2.24. The average molecular weight is 281 g/mol. The molecule has 1 aromatic rings. The fourth-order valence-corrected chi connectivity index (χ4v) is 1.76. The van der Waals surface area contributed by atoms with Crippen molar-refractivity contribution in [2.45, 2.75) is 32.7 Å². The van der Waals surface area contributed by atoms with Crippen molar-refractivity contribution >= 4 is 11.9 Å². The number of amides is 1. The second kappa shape index (κ2) is 6.79. The van der Waals surface area contributed by atoms with Crippen molar-refractivity contribution in [1.82, 2.24) is 5.32 Å². The van der Waals surface area contributed by atoms with Crippen LogP contribution in [0.4, 0.5) is 0 Å². The lowest BCUT2D eigenvalue weighted by atomic mass is 10.0. The lowest BCUT2D eigenvalue weighted by Gasteiger charge is -2.15. The number of rotatable bonds is 6. The molecule has 6 heteroatoms. The number of carboxylic acids is 1. The van der Waals surface area contributed by atoms with E-state index in [1.54, 1.807) is 0 Å². The number of phenolic OH excluding ortho intramolecular Hbond substituents is 2. The molecule has 1 atom stereocenters. The van der Waals surface area contributed by atoms with Gasteiger partial charge in [-0.15, -0.1) is 0 Å². The van der Waals surface area contributed by atoms with Crippen molar-refractivity contribution in [2.24, 2.45) is 5.92 Å². The molecule has 0 radical (unpaired) electrons. The lowest BCUT2D eigenvalue weighted by Crippen LogP contribution is -2.42. The highest BCUT2D eigenvalue weighted by molar-refractivity contribution is 5.83. The molecule has 4 N–H and O–H groups in total. The molecule has 0 unspecified atom stereocenters. The molecule has 20 heavy (non-hydrogen) atoms. The maximum absolute atomic E-state index is 11.6.